The Morgan fingerprint density at radius 2 is 1.86 bits per heavy atom. The summed E-state index contributed by atoms with van der Waals surface area (Å²) in [7, 11) is 1.77. The Hall–Kier alpha value is -3.22. The van der Waals surface area contributed by atoms with Gasteiger partial charge in [0.25, 0.3) is 0 Å². The molecule has 3 aromatic rings. The number of hydrogen-bond donors (Lipinski definition) is 1. The number of carbonyl (C=O) groups excluding carboxylic acids is 2. The number of likely N-dealkylation sites (tertiary alicyclic amines) is 2. The first-order valence-electron chi connectivity index (χ1n) is 13.6. The summed E-state index contributed by atoms with van der Waals surface area (Å²) in [6.07, 6.45) is 5.78. The number of aromatic nitrogens is 2. The summed E-state index contributed by atoms with van der Waals surface area (Å²) in [6.45, 7) is 6.29. The van der Waals surface area contributed by atoms with Gasteiger partial charge in [0.15, 0.2) is 5.82 Å². The fourth-order valence-electron chi connectivity index (χ4n) is 6.27. The molecule has 6 nitrogen and oxygen atoms in total. The van der Waals surface area contributed by atoms with Crippen LogP contribution in [0.25, 0.3) is 22.2 Å². The number of nitrogens with zero attached hydrogens (tertiary/aromatic N) is 3. The van der Waals surface area contributed by atoms with Gasteiger partial charge in [0.2, 0.25) is 11.8 Å². The molecule has 37 heavy (non-hydrogen) atoms. The van der Waals surface area contributed by atoms with E-state index in [2.05, 4.69) is 42.0 Å². The van der Waals surface area contributed by atoms with E-state index in [1.54, 1.807) is 11.9 Å². The molecule has 0 spiro atoms. The number of benzene rings is 1. The number of rotatable bonds is 5. The smallest absolute Gasteiger partial charge is 0.227 e. The second-order valence-electron chi connectivity index (χ2n) is 11.5. The number of H-pyrrole nitrogens is 1. The maximum atomic E-state index is 15.0. The Morgan fingerprint density at radius 3 is 2.51 bits per heavy atom. The second-order valence-corrected chi connectivity index (χ2v) is 11.5. The first-order chi connectivity index (χ1) is 17.8. The molecule has 1 saturated carbocycles. The standard InChI is InChI=1S/C30H35FN4O2/c1-17(2)28-23-12-20(18-8-10-35(11-9-18)30(37)21-13-27(36)34(3)16-21)6-7-25(23)33-29(28)22-14-26(19-4-5-19)32-15-24(22)31/h6-7,12,14-15,17-19,21,33H,4-5,8-11,13,16H2,1-3H3. The average Bonchev–Trinajstić information content (AvgIpc) is 3.59. The van der Waals surface area contributed by atoms with Crippen molar-refractivity contribution >= 4 is 22.7 Å². The predicted octanol–water partition coefficient (Wildman–Crippen LogP) is 5.55. The fourth-order valence-corrected chi connectivity index (χ4v) is 6.27. The third kappa shape index (κ3) is 4.42. The molecule has 1 aliphatic carbocycles. The van der Waals surface area contributed by atoms with Crippen LogP contribution in [-0.4, -0.2) is 58.3 Å². The summed E-state index contributed by atoms with van der Waals surface area (Å²) >= 11 is 0. The van der Waals surface area contributed by atoms with Crippen molar-refractivity contribution in [3.63, 3.8) is 0 Å². The maximum Gasteiger partial charge on any atom is 0.227 e. The van der Waals surface area contributed by atoms with Gasteiger partial charge in [-0.1, -0.05) is 19.9 Å². The Kier molecular flexibility index (Phi) is 6.04. The van der Waals surface area contributed by atoms with Gasteiger partial charge in [0.05, 0.1) is 17.8 Å². The summed E-state index contributed by atoms with van der Waals surface area (Å²) in [5, 5.41) is 1.15. The average molecular weight is 503 g/mol. The molecule has 1 aromatic carbocycles. The minimum Gasteiger partial charge on any atom is -0.354 e. The SMILES string of the molecule is CC(C)c1c(-c2cc(C3CC3)ncc2F)[nH]c2ccc(C3CCN(C(=O)C4CC(=O)N(C)C4)CC3)cc12. The number of aromatic amines is 1. The van der Waals surface area contributed by atoms with E-state index >= 15 is 4.39 Å². The van der Waals surface area contributed by atoms with Gasteiger partial charge in [-0.25, -0.2) is 4.39 Å². The molecule has 1 atom stereocenters. The van der Waals surface area contributed by atoms with Crippen LogP contribution in [0.3, 0.4) is 0 Å². The van der Waals surface area contributed by atoms with Crippen LogP contribution in [0.4, 0.5) is 4.39 Å². The van der Waals surface area contributed by atoms with Gasteiger partial charge in [-0.15, -0.1) is 0 Å². The van der Waals surface area contributed by atoms with Crippen LogP contribution in [-0.2, 0) is 9.59 Å². The first-order valence-corrected chi connectivity index (χ1v) is 13.6. The predicted molar refractivity (Wildman–Crippen MR) is 142 cm³/mol. The highest BCUT2D eigenvalue weighted by molar-refractivity contribution is 5.92. The molecular weight excluding hydrogens is 467 g/mol. The van der Waals surface area contributed by atoms with Gasteiger partial charge in [0, 0.05) is 61.2 Å². The number of carbonyl (C=O) groups is 2. The molecule has 1 unspecified atom stereocenters. The van der Waals surface area contributed by atoms with Crippen LogP contribution in [0.15, 0.2) is 30.5 Å². The Balaban J connectivity index is 1.25. The zero-order chi connectivity index (χ0) is 25.8. The number of piperidine rings is 1. The third-order valence-electron chi connectivity index (χ3n) is 8.55. The minimum absolute atomic E-state index is 0.0591. The van der Waals surface area contributed by atoms with Crippen LogP contribution in [0.2, 0.25) is 0 Å². The number of pyridine rings is 1. The summed E-state index contributed by atoms with van der Waals surface area (Å²) in [5.74, 6) is 0.751. The van der Waals surface area contributed by atoms with Gasteiger partial charge in [0.1, 0.15) is 0 Å². The molecule has 194 valence electrons. The number of hydrogen-bond acceptors (Lipinski definition) is 3. The quantitative estimate of drug-likeness (QED) is 0.497. The van der Waals surface area contributed by atoms with Gasteiger partial charge in [-0.3, -0.25) is 14.6 Å². The van der Waals surface area contributed by atoms with E-state index in [1.807, 2.05) is 11.0 Å². The molecule has 3 aliphatic rings. The molecule has 3 fully saturated rings. The van der Waals surface area contributed by atoms with Crippen molar-refractivity contribution in [1.82, 2.24) is 19.8 Å². The van der Waals surface area contributed by atoms with E-state index in [0.717, 1.165) is 66.6 Å². The van der Waals surface area contributed by atoms with Crippen molar-refractivity contribution in [3.05, 3.63) is 53.1 Å². The molecule has 0 bridgehead atoms. The van der Waals surface area contributed by atoms with Crippen molar-refractivity contribution in [3.8, 4) is 11.3 Å². The van der Waals surface area contributed by atoms with Gasteiger partial charge < -0.3 is 14.8 Å². The third-order valence-corrected chi connectivity index (χ3v) is 8.55. The molecule has 2 amide bonds. The van der Waals surface area contributed by atoms with E-state index in [0.29, 0.717) is 30.4 Å². The Bertz CT molecular complexity index is 1370. The van der Waals surface area contributed by atoms with Crippen LogP contribution in [0.5, 0.6) is 0 Å². The molecule has 2 saturated heterocycles. The molecular formula is C30H35FN4O2. The van der Waals surface area contributed by atoms with Crippen molar-refractivity contribution in [2.75, 3.05) is 26.7 Å². The number of amides is 2. The van der Waals surface area contributed by atoms with Crippen LogP contribution in [0.1, 0.15) is 80.5 Å². The summed E-state index contributed by atoms with van der Waals surface area (Å²) in [4.78, 5) is 36.3. The highest BCUT2D eigenvalue weighted by Gasteiger charge is 2.36. The summed E-state index contributed by atoms with van der Waals surface area (Å²) in [6, 6.07) is 8.52. The van der Waals surface area contributed by atoms with E-state index in [-0.39, 0.29) is 29.5 Å². The zero-order valence-electron chi connectivity index (χ0n) is 21.9. The number of nitrogens with one attached hydrogen (secondary N) is 1. The minimum atomic E-state index is -0.287. The molecule has 4 heterocycles. The summed E-state index contributed by atoms with van der Waals surface area (Å²) < 4.78 is 15.0. The van der Waals surface area contributed by atoms with E-state index in [4.69, 9.17) is 0 Å². The molecule has 7 heteroatoms. The normalized spacial score (nSPS) is 21.0. The maximum absolute atomic E-state index is 15.0. The molecule has 1 N–H and O–H groups in total. The highest BCUT2D eigenvalue weighted by Crippen LogP contribution is 2.43. The highest BCUT2D eigenvalue weighted by atomic mass is 19.1. The van der Waals surface area contributed by atoms with Crippen molar-refractivity contribution in [2.45, 2.75) is 63.7 Å². The van der Waals surface area contributed by atoms with Gasteiger partial charge in [-0.2, -0.15) is 0 Å². The lowest BCUT2D eigenvalue weighted by molar-refractivity contribution is -0.136. The van der Waals surface area contributed by atoms with E-state index in [9.17, 15) is 9.59 Å². The van der Waals surface area contributed by atoms with Crippen molar-refractivity contribution in [2.24, 2.45) is 5.92 Å². The topological polar surface area (TPSA) is 69.3 Å². The molecule has 2 aromatic heterocycles. The van der Waals surface area contributed by atoms with E-state index in [1.165, 1.54) is 11.8 Å². The van der Waals surface area contributed by atoms with Gasteiger partial charge in [-0.05, 0) is 66.8 Å². The number of fused-ring (bicyclic) bond motifs is 1. The molecule has 6 rings (SSSR count). The number of halogens is 1. The molecule has 2 aliphatic heterocycles. The van der Waals surface area contributed by atoms with Crippen LogP contribution >= 0.6 is 0 Å². The zero-order valence-corrected chi connectivity index (χ0v) is 21.9. The van der Waals surface area contributed by atoms with Crippen molar-refractivity contribution < 1.29 is 14.0 Å². The van der Waals surface area contributed by atoms with Crippen LogP contribution in [0, 0.1) is 11.7 Å². The van der Waals surface area contributed by atoms with E-state index < -0.39 is 0 Å². The lowest BCUT2D eigenvalue weighted by atomic mass is 9.87. The monoisotopic (exact) mass is 502 g/mol. The lowest BCUT2D eigenvalue weighted by Gasteiger charge is -2.33. The summed E-state index contributed by atoms with van der Waals surface area (Å²) in [5.41, 5.74) is 5.90. The van der Waals surface area contributed by atoms with Gasteiger partial charge >= 0.3 is 0 Å². The second kappa shape index (κ2) is 9.26. The largest absolute Gasteiger partial charge is 0.354 e. The van der Waals surface area contributed by atoms with Crippen molar-refractivity contribution in [1.29, 1.82) is 0 Å². The fraction of sp³-hybridized carbons (Fsp3) is 0.500. The lowest BCUT2D eigenvalue weighted by Crippen LogP contribution is -2.42. The van der Waals surface area contributed by atoms with Crippen LogP contribution < -0.4 is 0 Å². The molecule has 0 radical (unpaired) electrons. The first kappa shape index (κ1) is 24.1. The Labute approximate surface area is 217 Å². The Morgan fingerprint density at radius 1 is 1.11 bits per heavy atom.